The van der Waals surface area contributed by atoms with Gasteiger partial charge in [-0.2, -0.15) is 19.0 Å². The molecule has 2 aromatic carbocycles. The van der Waals surface area contributed by atoms with E-state index < -0.39 is 75.5 Å². The largest absolute Gasteiger partial charge is 0.378 e. The Morgan fingerprint density at radius 3 is 2.48 bits per heavy atom. The summed E-state index contributed by atoms with van der Waals surface area (Å²) in [6.45, 7) is 2.10. The van der Waals surface area contributed by atoms with Gasteiger partial charge in [0, 0.05) is 29.7 Å². The molecule has 3 atom stereocenters. The molecule has 0 radical (unpaired) electrons. The average Bonchev–Trinajstić information content (AvgIpc) is 3.64. The SMILES string of the molecule is Cn1nc(NS(C)(=O)=O)c2c(Cl)ccc(-c3ccc(C#CC(C)(C)O)nc3[C@H](Cc3cccc(F)c3)NC(=O)Cn3nc(C(F)F)c4c3C(F)(F)[C@@H]3CC[C@H]43)c21. The molecule has 56 heavy (non-hydrogen) atoms. The fraction of sp³-hybridized carbons (Fsp3) is 0.368. The van der Waals surface area contributed by atoms with Crippen LogP contribution in [0.2, 0.25) is 5.02 Å². The Morgan fingerprint density at radius 2 is 1.84 bits per heavy atom. The first-order valence-electron chi connectivity index (χ1n) is 17.4. The normalized spacial score (nSPS) is 17.9. The Bertz CT molecular complexity index is 2580. The van der Waals surface area contributed by atoms with Crippen LogP contribution in [0.5, 0.6) is 0 Å². The minimum Gasteiger partial charge on any atom is -0.378 e. The van der Waals surface area contributed by atoms with Gasteiger partial charge in [0.2, 0.25) is 15.9 Å². The van der Waals surface area contributed by atoms with Gasteiger partial charge in [-0.25, -0.2) is 26.6 Å². The summed E-state index contributed by atoms with van der Waals surface area (Å²) in [6.07, 6.45) is -1.83. The molecule has 3 aromatic heterocycles. The minimum absolute atomic E-state index is 0.0520. The van der Waals surface area contributed by atoms with Crippen molar-refractivity contribution in [1.82, 2.24) is 29.9 Å². The van der Waals surface area contributed by atoms with Gasteiger partial charge in [0.05, 0.1) is 33.9 Å². The molecule has 1 saturated carbocycles. The number of nitrogens with one attached hydrogen (secondary N) is 2. The molecule has 18 heteroatoms. The highest BCUT2D eigenvalue weighted by Gasteiger charge is 2.62. The number of carbonyl (C=O) groups excluding carboxylic acids is 1. The number of benzene rings is 2. The number of rotatable bonds is 10. The lowest BCUT2D eigenvalue weighted by atomic mass is 9.73. The van der Waals surface area contributed by atoms with Crippen molar-refractivity contribution in [3.63, 3.8) is 0 Å². The van der Waals surface area contributed by atoms with Crippen molar-refractivity contribution < 1.29 is 40.3 Å². The number of sulfonamides is 1. The highest BCUT2D eigenvalue weighted by molar-refractivity contribution is 7.92. The van der Waals surface area contributed by atoms with Crippen molar-refractivity contribution in [2.24, 2.45) is 13.0 Å². The summed E-state index contributed by atoms with van der Waals surface area (Å²) in [4.78, 5) is 18.8. The van der Waals surface area contributed by atoms with Gasteiger partial charge in [0.15, 0.2) is 5.82 Å². The van der Waals surface area contributed by atoms with E-state index in [0.29, 0.717) is 33.3 Å². The number of anilines is 1. The van der Waals surface area contributed by atoms with Crippen LogP contribution in [0, 0.1) is 23.6 Å². The minimum atomic E-state index is -3.80. The number of amides is 1. The Morgan fingerprint density at radius 1 is 1.11 bits per heavy atom. The van der Waals surface area contributed by atoms with E-state index in [0.717, 1.165) is 6.26 Å². The van der Waals surface area contributed by atoms with Crippen LogP contribution in [0.15, 0.2) is 48.5 Å². The topological polar surface area (TPSA) is 144 Å². The first kappa shape index (κ1) is 39.2. The average molecular weight is 816 g/mol. The predicted molar refractivity (Wildman–Crippen MR) is 198 cm³/mol. The highest BCUT2D eigenvalue weighted by atomic mass is 35.5. The molecule has 0 aliphatic heterocycles. The summed E-state index contributed by atoms with van der Waals surface area (Å²) >= 11 is 6.60. The summed E-state index contributed by atoms with van der Waals surface area (Å²) in [5.41, 5.74) is -1.25. The molecule has 11 nitrogen and oxygen atoms in total. The van der Waals surface area contributed by atoms with E-state index in [1.807, 2.05) is 0 Å². The fourth-order valence-corrected chi connectivity index (χ4v) is 8.27. The molecule has 0 spiro atoms. The number of aromatic nitrogens is 5. The third-order valence-electron chi connectivity index (χ3n) is 9.87. The maximum absolute atomic E-state index is 15.6. The molecule has 3 N–H and O–H groups in total. The van der Waals surface area contributed by atoms with Crippen LogP contribution >= 0.6 is 11.6 Å². The molecular formula is C38H35ClF5N7O4S. The summed E-state index contributed by atoms with van der Waals surface area (Å²) in [5.74, 6) is -1.42. The summed E-state index contributed by atoms with van der Waals surface area (Å²) < 4.78 is 103. The number of nitrogens with zero attached hydrogens (tertiary/aromatic N) is 5. The Labute approximate surface area is 323 Å². The van der Waals surface area contributed by atoms with Crippen LogP contribution in [0.4, 0.5) is 27.8 Å². The van der Waals surface area contributed by atoms with E-state index in [-0.39, 0.29) is 46.0 Å². The zero-order valence-electron chi connectivity index (χ0n) is 30.3. The van der Waals surface area contributed by atoms with E-state index in [1.54, 1.807) is 31.3 Å². The van der Waals surface area contributed by atoms with Crippen LogP contribution < -0.4 is 10.0 Å². The van der Waals surface area contributed by atoms with Crippen molar-refractivity contribution >= 4 is 44.3 Å². The van der Waals surface area contributed by atoms with Gasteiger partial charge in [0.25, 0.3) is 12.3 Å². The molecule has 0 unspecified atom stereocenters. The molecule has 294 valence electrons. The van der Waals surface area contributed by atoms with Crippen LogP contribution in [0.3, 0.4) is 0 Å². The molecule has 2 aliphatic carbocycles. The number of halogens is 6. The third kappa shape index (κ3) is 7.45. The zero-order chi connectivity index (χ0) is 40.5. The smallest absolute Gasteiger partial charge is 0.293 e. The van der Waals surface area contributed by atoms with Crippen LogP contribution in [0.25, 0.3) is 22.0 Å². The number of fused-ring (bicyclic) bond motifs is 4. The molecular weight excluding hydrogens is 781 g/mol. The zero-order valence-corrected chi connectivity index (χ0v) is 31.9. The fourth-order valence-electron chi connectivity index (χ4n) is 7.53. The van der Waals surface area contributed by atoms with Crippen molar-refractivity contribution in [2.45, 2.75) is 69.6 Å². The van der Waals surface area contributed by atoms with E-state index in [4.69, 9.17) is 16.6 Å². The second kappa shape index (κ2) is 14.2. The Balaban J connectivity index is 1.38. The molecule has 1 fully saturated rings. The molecule has 2 aliphatic rings. The first-order chi connectivity index (χ1) is 26.2. The molecule has 5 aromatic rings. The quantitative estimate of drug-likeness (QED) is 0.105. The van der Waals surface area contributed by atoms with E-state index in [2.05, 4.69) is 32.1 Å². The second-order valence-corrected chi connectivity index (χ2v) is 16.7. The van der Waals surface area contributed by atoms with Gasteiger partial charge in [-0.3, -0.25) is 18.9 Å². The predicted octanol–water partition coefficient (Wildman–Crippen LogP) is 6.76. The van der Waals surface area contributed by atoms with E-state index in [9.17, 15) is 31.5 Å². The van der Waals surface area contributed by atoms with Crippen molar-refractivity contribution in [2.75, 3.05) is 11.0 Å². The van der Waals surface area contributed by atoms with Gasteiger partial charge >= 0.3 is 0 Å². The second-order valence-electron chi connectivity index (χ2n) is 14.6. The van der Waals surface area contributed by atoms with Gasteiger partial charge in [-0.1, -0.05) is 35.7 Å². The van der Waals surface area contributed by atoms with Crippen molar-refractivity contribution in [1.29, 1.82) is 0 Å². The lowest BCUT2D eigenvalue weighted by Gasteiger charge is -2.34. The van der Waals surface area contributed by atoms with Gasteiger partial charge in [-0.05, 0) is 80.8 Å². The van der Waals surface area contributed by atoms with Crippen LogP contribution in [-0.4, -0.2) is 55.8 Å². The number of alkyl halides is 4. The third-order valence-corrected chi connectivity index (χ3v) is 10.7. The lowest BCUT2D eigenvalue weighted by Crippen LogP contribution is -2.36. The number of hydrogen-bond donors (Lipinski definition) is 3. The van der Waals surface area contributed by atoms with E-state index in [1.165, 1.54) is 42.8 Å². The Hall–Kier alpha value is -5.05. The summed E-state index contributed by atoms with van der Waals surface area (Å²) in [6, 6.07) is 10.7. The standard InChI is InChI=1S/C38H35ClF5N7O4S/c1-37(2,53)15-14-21-8-9-22(23-11-13-26(39)30-33(23)50(3)48-36(30)49-56(4,54)55)31(45-21)27(17-19-6-5-7-20(40)16-19)46-28(52)18-51-34-29(32(47-51)35(41)42)24-10-12-25(24)38(34,43)44/h5-9,11,13,16,24-25,27,35,53H,10,12,17-18H2,1-4H3,(H,46,52)(H,48,49)/t24-,25+,27-/m0/s1. The number of aliphatic hydroxyl groups is 1. The van der Waals surface area contributed by atoms with E-state index >= 15 is 8.78 Å². The number of pyridine rings is 1. The van der Waals surface area contributed by atoms with Crippen molar-refractivity contribution in [3.8, 4) is 23.0 Å². The highest BCUT2D eigenvalue weighted by Crippen LogP contribution is 2.63. The summed E-state index contributed by atoms with van der Waals surface area (Å²) in [5, 5.41) is 21.7. The molecule has 7 rings (SSSR count). The van der Waals surface area contributed by atoms with Gasteiger partial charge < -0.3 is 10.4 Å². The first-order valence-corrected chi connectivity index (χ1v) is 19.7. The van der Waals surface area contributed by atoms with Crippen molar-refractivity contribution in [3.05, 3.63) is 93.3 Å². The molecule has 0 bridgehead atoms. The monoisotopic (exact) mass is 815 g/mol. The summed E-state index contributed by atoms with van der Waals surface area (Å²) in [7, 11) is -2.23. The number of carbonyl (C=O) groups is 1. The number of aryl methyl sites for hydroxylation is 1. The maximum Gasteiger partial charge on any atom is 0.293 e. The van der Waals surface area contributed by atoms with Gasteiger partial charge in [0.1, 0.15) is 35.0 Å². The molecule has 1 amide bonds. The van der Waals surface area contributed by atoms with Crippen LogP contribution in [0.1, 0.15) is 79.0 Å². The molecule has 0 saturated heterocycles. The van der Waals surface area contributed by atoms with Crippen LogP contribution in [-0.2, 0) is 40.8 Å². The maximum atomic E-state index is 15.6. The lowest BCUT2D eigenvalue weighted by molar-refractivity contribution is -0.123. The Kier molecular flexibility index (Phi) is 9.91. The van der Waals surface area contributed by atoms with Gasteiger partial charge in [-0.15, -0.1) is 0 Å². The molecule has 3 heterocycles. The number of hydrogen-bond acceptors (Lipinski definition) is 7.